The van der Waals surface area contributed by atoms with Crippen molar-refractivity contribution in [2.75, 3.05) is 5.32 Å². The Morgan fingerprint density at radius 2 is 1.44 bits per heavy atom. The fourth-order valence-corrected chi connectivity index (χ4v) is 2.24. The number of carbonyl (C=O) groups excluding carboxylic acids is 3. The minimum atomic E-state index is -0.635. The fraction of sp³-hybridized carbons (Fsp3) is 0.211. The van der Waals surface area contributed by atoms with Gasteiger partial charge in [-0.15, -0.1) is 0 Å². The number of hydrazine groups is 1. The molecule has 3 N–H and O–H groups in total. The van der Waals surface area contributed by atoms with Crippen LogP contribution in [0.2, 0.25) is 5.02 Å². The molecule has 0 aliphatic carbocycles. The maximum absolute atomic E-state index is 12.2. The van der Waals surface area contributed by atoms with Gasteiger partial charge in [0.2, 0.25) is 0 Å². The second-order valence-electron chi connectivity index (χ2n) is 6.63. The number of benzene rings is 2. The van der Waals surface area contributed by atoms with E-state index in [0.29, 0.717) is 16.3 Å². The lowest BCUT2D eigenvalue weighted by Gasteiger charge is -2.19. The summed E-state index contributed by atoms with van der Waals surface area (Å²) in [5, 5.41) is 2.96. The zero-order valence-electron chi connectivity index (χ0n) is 15.1. The number of carbonyl (C=O) groups is 3. The van der Waals surface area contributed by atoms with Crippen LogP contribution in [0.25, 0.3) is 0 Å². The van der Waals surface area contributed by atoms with E-state index in [1.165, 1.54) is 12.1 Å². The van der Waals surface area contributed by atoms with Crippen LogP contribution in [0, 0.1) is 0 Å². The zero-order chi connectivity index (χ0) is 20.0. The van der Waals surface area contributed by atoms with Crippen LogP contribution in [0.15, 0.2) is 48.5 Å². The van der Waals surface area contributed by atoms with Crippen molar-refractivity contribution in [1.82, 2.24) is 10.9 Å². The summed E-state index contributed by atoms with van der Waals surface area (Å²) in [5.41, 5.74) is 4.92. The van der Waals surface area contributed by atoms with Crippen LogP contribution in [0.3, 0.4) is 0 Å². The Bertz CT molecular complexity index is 862. The summed E-state index contributed by atoms with van der Waals surface area (Å²) < 4.78 is 5.16. The van der Waals surface area contributed by atoms with Crippen molar-refractivity contribution in [1.29, 1.82) is 0 Å². The minimum absolute atomic E-state index is 0.245. The molecular formula is C19H20ClN3O4. The Morgan fingerprint density at radius 1 is 0.889 bits per heavy atom. The molecule has 0 saturated carbocycles. The Labute approximate surface area is 162 Å². The third kappa shape index (κ3) is 6.63. The van der Waals surface area contributed by atoms with Crippen LogP contribution in [-0.4, -0.2) is 23.5 Å². The van der Waals surface area contributed by atoms with Gasteiger partial charge in [-0.1, -0.05) is 23.7 Å². The number of hydrogen-bond acceptors (Lipinski definition) is 4. The molecule has 0 aliphatic heterocycles. The molecule has 0 radical (unpaired) electrons. The summed E-state index contributed by atoms with van der Waals surface area (Å²) in [7, 11) is 0. The Kier molecular flexibility index (Phi) is 6.41. The lowest BCUT2D eigenvalue weighted by atomic mass is 10.2. The summed E-state index contributed by atoms with van der Waals surface area (Å²) in [5.74, 6) is -1.05. The Hall–Kier alpha value is -3.06. The molecule has 0 bridgehead atoms. The van der Waals surface area contributed by atoms with Crippen LogP contribution in [0.1, 0.15) is 41.5 Å². The molecule has 0 saturated heterocycles. The van der Waals surface area contributed by atoms with Crippen molar-refractivity contribution in [2.24, 2.45) is 0 Å². The summed E-state index contributed by atoms with van der Waals surface area (Å²) in [6, 6.07) is 12.5. The highest BCUT2D eigenvalue weighted by Gasteiger charge is 2.17. The maximum Gasteiger partial charge on any atom is 0.412 e. The van der Waals surface area contributed by atoms with Crippen LogP contribution >= 0.6 is 11.6 Å². The summed E-state index contributed by atoms with van der Waals surface area (Å²) in [6.07, 6.45) is -0.630. The molecule has 27 heavy (non-hydrogen) atoms. The zero-order valence-corrected chi connectivity index (χ0v) is 15.9. The topological polar surface area (TPSA) is 96.5 Å². The van der Waals surface area contributed by atoms with Crippen LogP contribution in [0.5, 0.6) is 0 Å². The maximum atomic E-state index is 12.2. The molecule has 0 atom stereocenters. The molecule has 142 valence electrons. The Morgan fingerprint density at radius 3 is 2.00 bits per heavy atom. The van der Waals surface area contributed by atoms with Gasteiger partial charge in [-0.25, -0.2) is 4.79 Å². The van der Waals surface area contributed by atoms with Gasteiger partial charge in [0, 0.05) is 21.8 Å². The van der Waals surface area contributed by atoms with Gasteiger partial charge in [0.25, 0.3) is 11.8 Å². The number of hydrogen-bond donors (Lipinski definition) is 3. The number of rotatable bonds is 3. The highest BCUT2D eigenvalue weighted by Crippen LogP contribution is 2.14. The van der Waals surface area contributed by atoms with Crippen molar-refractivity contribution < 1.29 is 19.1 Å². The molecule has 3 amide bonds. The number of halogens is 1. The van der Waals surface area contributed by atoms with Crippen LogP contribution in [0.4, 0.5) is 10.5 Å². The first-order chi connectivity index (χ1) is 12.6. The molecule has 0 unspecified atom stereocenters. The molecule has 2 aromatic rings. The quantitative estimate of drug-likeness (QED) is 0.696. The molecule has 0 spiro atoms. The standard InChI is InChI=1S/C19H20ClN3O4/c1-19(2,3)27-18(26)21-15-9-5-7-13(11-15)17(25)23-22-16(24)12-6-4-8-14(20)10-12/h4-11H,1-3H3,(H,21,26)(H,22,24)(H,23,25). The molecule has 0 heterocycles. The van der Waals surface area contributed by atoms with E-state index < -0.39 is 23.5 Å². The monoisotopic (exact) mass is 389 g/mol. The van der Waals surface area contributed by atoms with E-state index in [2.05, 4.69) is 16.2 Å². The summed E-state index contributed by atoms with van der Waals surface area (Å²) in [4.78, 5) is 36.0. The van der Waals surface area contributed by atoms with Gasteiger partial charge in [0.15, 0.2) is 0 Å². The second kappa shape index (κ2) is 8.55. The van der Waals surface area contributed by atoms with Gasteiger partial charge >= 0.3 is 6.09 Å². The molecular weight excluding hydrogens is 370 g/mol. The van der Waals surface area contributed by atoms with Gasteiger partial charge in [0.05, 0.1) is 0 Å². The average molecular weight is 390 g/mol. The molecule has 0 fully saturated rings. The predicted molar refractivity (Wildman–Crippen MR) is 103 cm³/mol. The van der Waals surface area contributed by atoms with Crippen LogP contribution in [-0.2, 0) is 4.74 Å². The molecule has 0 aliphatic rings. The average Bonchev–Trinajstić information content (AvgIpc) is 2.57. The normalized spacial score (nSPS) is 10.7. The molecule has 8 heteroatoms. The van der Waals surface area contributed by atoms with Crippen LogP contribution < -0.4 is 16.2 Å². The van der Waals surface area contributed by atoms with Gasteiger partial charge in [-0.2, -0.15) is 0 Å². The largest absolute Gasteiger partial charge is 0.444 e. The SMILES string of the molecule is CC(C)(C)OC(=O)Nc1cccc(C(=O)NNC(=O)c2cccc(Cl)c2)c1. The number of anilines is 1. The first-order valence-corrected chi connectivity index (χ1v) is 8.48. The van der Waals surface area contributed by atoms with Gasteiger partial charge in [0.1, 0.15) is 5.60 Å². The lowest BCUT2D eigenvalue weighted by Crippen LogP contribution is -2.41. The van der Waals surface area contributed by atoms with E-state index in [9.17, 15) is 14.4 Å². The third-order valence-electron chi connectivity index (χ3n) is 3.15. The molecule has 0 aromatic heterocycles. The van der Waals surface area contributed by atoms with Crippen molar-refractivity contribution in [2.45, 2.75) is 26.4 Å². The van der Waals surface area contributed by atoms with Crippen molar-refractivity contribution in [3.8, 4) is 0 Å². The highest BCUT2D eigenvalue weighted by molar-refractivity contribution is 6.31. The van der Waals surface area contributed by atoms with Crippen molar-refractivity contribution >= 4 is 35.2 Å². The van der Waals surface area contributed by atoms with Crippen molar-refractivity contribution in [3.05, 3.63) is 64.7 Å². The van der Waals surface area contributed by atoms with E-state index >= 15 is 0 Å². The number of nitrogens with one attached hydrogen (secondary N) is 3. The molecule has 7 nitrogen and oxygen atoms in total. The number of ether oxygens (including phenoxy) is 1. The van der Waals surface area contributed by atoms with Gasteiger partial charge in [-0.3, -0.25) is 25.8 Å². The van der Waals surface area contributed by atoms with E-state index in [1.54, 1.807) is 57.2 Å². The van der Waals surface area contributed by atoms with Gasteiger partial charge in [-0.05, 0) is 57.2 Å². The van der Waals surface area contributed by atoms with E-state index in [-0.39, 0.29) is 5.56 Å². The third-order valence-corrected chi connectivity index (χ3v) is 3.38. The lowest BCUT2D eigenvalue weighted by molar-refractivity contribution is 0.0635. The minimum Gasteiger partial charge on any atom is -0.444 e. The van der Waals surface area contributed by atoms with Gasteiger partial charge < -0.3 is 4.74 Å². The van der Waals surface area contributed by atoms with E-state index in [0.717, 1.165) is 0 Å². The summed E-state index contributed by atoms with van der Waals surface area (Å²) >= 11 is 5.83. The smallest absolute Gasteiger partial charge is 0.412 e. The van der Waals surface area contributed by atoms with E-state index in [1.807, 2.05) is 0 Å². The number of amides is 3. The first-order valence-electron chi connectivity index (χ1n) is 8.10. The van der Waals surface area contributed by atoms with E-state index in [4.69, 9.17) is 16.3 Å². The first kappa shape index (κ1) is 20.3. The Balaban J connectivity index is 1.96. The molecule has 2 aromatic carbocycles. The predicted octanol–water partition coefficient (Wildman–Crippen LogP) is 3.76. The highest BCUT2D eigenvalue weighted by atomic mass is 35.5. The second-order valence-corrected chi connectivity index (χ2v) is 7.06. The van der Waals surface area contributed by atoms with Crippen molar-refractivity contribution in [3.63, 3.8) is 0 Å². The fourth-order valence-electron chi connectivity index (χ4n) is 2.05. The molecule has 2 rings (SSSR count). The summed E-state index contributed by atoms with van der Waals surface area (Å²) in [6.45, 7) is 5.25.